The van der Waals surface area contributed by atoms with Crippen molar-refractivity contribution in [2.45, 2.75) is 13.0 Å². The van der Waals surface area contributed by atoms with Gasteiger partial charge in [0.2, 0.25) is 11.8 Å². The molecule has 0 aromatic rings. The molecule has 0 unspecified atom stereocenters. The number of carbonyl (C=O) groups excluding carboxylic acids is 2. The highest BCUT2D eigenvalue weighted by Gasteiger charge is 2.16. The summed E-state index contributed by atoms with van der Waals surface area (Å²) in [6, 6.07) is -1.03. The summed E-state index contributed by atoms with van der Waals surface area (Å²) in [5.41, 5.74) is 5.11. The van der Waals surface area contributed by atoms with Gasteiger partial charge < -0.3 is 16.2 Å². The quantitative estimate of drug-likeness (QED) is 0.452. The Labute approximate surface area is 70.2 Å². The lowest BCUT2D eigenvalue weighted by Gasteiger charge is -2.11. The van der Waals surface area contributed by atoms with Gasteiger partial charge in [-0.05, 0) is 6.92 Å². The van der Waals surface area contributed by atoms with Crippen LogP contribution < -0.4 is 11.1 Å². The van der Waals surface area contributed by atoms with Gasteiger partial charge in [0.25, 0.3) is 0 Å². The van der Waals surface area contributed by atoms with Crippen LogP contribution in [0, 0.1) is 0 Å². The Kier molecular flexibility index (Phi) is 3.99. The van der Waals surface area contributed by atoms with Crippen molar-refractivity contribution < 1.29 is 14.7 Å². The van der Waals surface area contributed by atoms with Gasteiger partial charge >= 0.3 is 0 Å². The van der Waals surface area contributed by atoms with E-state index >= 15 is 0 Å². The number of aliphatic hydroxyl groups excluding tert-OH is 1. The summed E-state index contributed by atoms with van der Waals surface area (Å²) in [5, 5.41) is 10.8. The Balaban J connectivity index is 4.12. The molecule has 12 heavy (non-hydrogen) atoms. The molecule has 0 heterocycles. The van der Waals surface area contributed by atoms with Crippen molar-refractivity contribution in [3.63, 3.8) is 0 Å². The molecule has 0 aromatic carbocycles. The average molecular weight is 172 g/mol. The first-order chi connectivity index (χ1) is 5.49. The number of aliphatic hydroxyl groups is 1. The SMILES string of the molecule is C=C(C)C(=O)N[C@@H](CO)C(N)=O. The minimum absolute atomic E-state index is 0.259. The predicted molar refractivity (Wildman–Crippen MR) is 43.0 cm³/mol. The first-order valence-electron chi connectivity index (χ1n) is 3.35. The van der Waals surface area contributed by atoms with E-state index in [2.05, 4.69) is 11.9 Å². The molecule has 1 atom stereocenters. The zero-order valence-corrected chi connectivity index (χ0v) is 6.83. The van der Waals surface area contributed by atoms with Gasteiger partial charge in [-0.2, -0.15) is 0 Å². The van der Waals surface area contributed by atoms with E-state index in [1.165, 1.54) is 6.92 Å². The van der Waals surface area contributed by atoms with E-state index in [1.807, 2.05) is 0 Å². The Morgan fingerprint density at radius 3 is 2.42 bits per heavy atom. The molecule has 68 valence electrons. The monoisotopic (exact) mass is 172 g/mol. The second-order valence-corrected chi connectivity index (χ2v) is 2.39. The summed E-state index contributed by atoms with van der Waals surface area (Å²) in [5.74, 6) is -1.26. The highest BCUT2D eigenvalue weighted by molar-refractivity contribution is 5.95. The van der Waals surface area contributed by atoms with Crippen molar-refractivity contribution in [1.82, 2.24) is 5.32 Å². The van der Waals surface area contributed by atoms with Crippen molar-refractivity contribution in [3.8, 4) is 0 Å². The molecular formula is C7H12N2O3. The third-order valence-corrected chi connectivity index (χ3v) is 1.22. The molecule has 2 amide bonds. The van der Waals surface area contributed by atoms with Crippen LogP contribution >= 0.6 is 0 Å². The Morgan fingerprint density at radius 1 is 1.67 bits per heavy atom. The molecule has 0 fully saturated rings. The summed E-state index contributed by atoms with van der Waals surface area (Å²) in [7, 11) is 0. The molecule has 0 radical (unpaired) electrons. The van der Waals surface area contributed by atoms with Gasteiger partial charge in [-0.25, -0.2) is 0 Å². The van der Waals surface area contributed by atoms with E-state index in [4.69, 9.17) is 10.8 Å². The lowest BCUT2D eigenvalue weighted by atomic mass is 10.2. The summed E-state index contributed by atoms with van der Waals surface area (Å²) in [6.45, 7) is 4.34. The molecule has 4 N–H and O–H groups in total. The maximum Gasteiger partial charge on any atom is 0.247 e. The van der Waals surface area contributed by atoms with Gasteiger partial charge in [0.15, 0.2) is 0 Å². The first kappa shape index (κ1) is 10.6. The fourth-order valence-corrected chi connectivity index (χ4v) is 0.488. The number of hydrogen-bond acceptors (Lipinski definition) is 3. The third-order valence-electron chi connectivity index (χ3n) is 1.22. The van der Waals surface area contributed by atoms with Gasteiger partial charge in [-0.15, -0.1) is 0 Å². The van der Waals surface area contributed by atoms with Crippen LogP contribution in [-0.2, 0) is 9.59 Å². The van der Waals surface area contributed by atoms with Gasteiger partial charge in [0, 0.05) is 5.57 Å². The van der Waals surface area contributed by atoms with E-state index in [1.54, 1.807) is 0 Å². The standard InChI is InChI=1S/C7H12N2O3/c1-4(2)7(12)9-5(3-10)6(8)11/h5,10H,1,3H2,2H3,(H2,8,11)(H,9,12)/t5-/m0/s1. The van der Waals surface area contributed by atoms with Gasteiger partial charge in [0.05, 0.1) is 6.61 Å². The summed E-state index contributed by atoms with van der Waals surface area (Å²) >= 11 is 0. The normalized spacial score (nSPS) is 11.8. The van der Waals surface area contributed by atoms with Crippen LogP contribution in [0.1, 0.15) is 6.92 Å². The second kappa shape index (κ2) is 4.50. The van der Waals surface area contributed by atoms with Crippen LogP contribution in [0.4, 0.5) is 0 Å². The van der Waals surface area contributed by atoms with Crippen molar-refractivity contribution in [2.75, 3.05) is 6.61 Å². The van der Waals surface area contributed by atoms with Crippen LogP contribution in [-0.4, -0.2) is 29.6 Å². The highest BCUT2D eigenvalue weighted by atomic mass is 16.3. The molecule has 0 rings (SSSR count). The van der Waals surface area contributed by atoms with Crippen LogP contribution in [0.25, 0.3) is 0 Å². The van der Waals surface area contributed by atoms with E-state index in [0.29, 0.717) is 0 Å². The molecule has 0 aliphatic heterocycles. The molecule has 0 aliphatic rings. The maximum atomic E-state index is 10.9. The van der Waals surface area contributed by atoms with E-state index in [-0.39, 0.29) is 5.57 Å². The van der Waals surface area contributed by atoms with E-state index < -0.39 is 24.5 Å². The smallest absolute Gasteiger partial charge is 0.247 e. The van der Waals surface area contributed by atoms with Crippen molar-refractivity contribution >= 4 is 11.8 Å². The summed E-state index contributed by atoms with van der Waals surface area (Å²) in [4.78, 5) is 21.4. The molecule has 5 heteroatoms. The van der Waals surface area contributed by atoms with Gasteiger partial charge in [-0.1, -0.05) is 6.58 Å². The van der Waals surface area contributed by atoms with Crippen LogP contribution in [0.15, 0.2) is 12.2 Å². The van der Waals surface area contributed by atoms with Crippen molar-refractivity contribution in [3.05, 3.63) is 12.2 Å². The second-order valence-electron chi connectivity index (χ2n) is 2.39. The maximum absolute atomic E-state index is 10.9. The number of nitrogens with one attached hydrogen (secondary N) is 1. The Hall–Kier alpha value is -1.36. The minimum atomic E-state index is -1.03. The van der Waals surface area contributed by atoms with Gasteiger partial charge in [-0.3, -0.25) is 9.59 Å². The number of amides is 2. The van der Waals surface area contributed by atoms with Crippen LogP contribution in [0.3, 0.4) is 0 Å². The van der Waals surface area contributed by atoms with Gasteiger partial charge in [0.1, 0.15) is 6.04 Å². The third kappa shape index (κ3) is 3.16. The van der Waals surface area contributed by atoms with E-state index in [9.17, 15) is 9.59 Å². The number of hydrogen-bond donors (Lipinski definition) is 3. The average Bonchev–Trinajstić information content (AvgIpc) is 1.98. The minimum Gasteiger partial charge on any atom is -0.394 e. The molecule has 0 saturated heterocycles. The highest BCUT2D eigenvalue weighted by Crippen LogP contribution is 1.88. The molecule has 0 bridgehead atoms. The zero-order valence-electron chi connectivity index (χ0n) is 6.83. The fourth-order valence-electron chi connectivity index (χ4n) is 0.488. The van der Waals surface area contributed by atoms with Crippen LogP contribution in [0.5, 0.6) is 0 Å². The number of nitrogens with two attached hydrogens (primary N) is 1. The van der Waals surface area contributed by atoms with E-state index in [0.717, 1.165) is 0 Å². The number of rotatable bonds is 4. The van der Waals surface area contributed by atoms with Crippen LogP contribution in [0.2, 0.25) is 0 Å². The summed E-state index contributed by atoms with van der Waals surface area (Å²) in [6.07, 6.45) is 0. The molecule has 0 saturated carbocycles. The summed E-state index contributed by atoms with van der Waals surface area (Å²) < 4.78 is 0. The number of primary amides is 1. The molecule has 0 aromatic heterocycles. The molecule has 0 aliphatic carbocycles. The molecular weight excluding hydrogens is 160 g/mol. The largest absolute Gasteiger partial charge is 0.394 e. The van der Waals surface area contributed by atoms with Crippen molar-refractivity contribution in [1.29, 1.82) is 0 Å². The molecule has 5 nitrogen and oxygen atoms in total. The predicted octanol–water partition coefficient (Wildman–Crippen LogP) is -1.48. The Bertz CT molecular complexity index is 213. The lowest BCUT2D eigenvalue weighted by molar-refractivity contribution is -0.126. The number of carbonyl (C=O) groups is 2. The molecule has 0 spiro atoms. The lowest BCUT2D eigenvalue weighted by Crippen LogP contribution is -2.46. The fraction of sp³-hybridized carbons (Fsp3) is 0.429. The topological polar surface area (TPSA) is 92.4 Å². The Morgan fingerprint density at radius 2 is 2.17 bits per heavy atom. The zero-order chi connectivity index (χ0) is 9.72. The van der Waals surface area contributed by atoms with Crippen molar-refractivity contribution in [2.24, 2.45) is 5.73 Å². The first-order valence-corrected chi connectivity index (χ1v) is 3.35.